The van der Waals surface area contributed by atoms with E-state index in [1.54, 1.807) is 30.3 Å². The minimum atomic E-state index is -4.91. The summed E-state index contributed by atoms with van der Waals surface area (Å²) in [7, 11) is -9.83. The molecule has 0 aliphatic rings. The van der Waals surface area contributed by atoms with Gasteiger partial charge in [0.05, 0.1) is 13.2 Å². The van der Waals surface area contributed by atoms with Crippen molar-refractivity contribution in [3.05, 3.63) is 35.9 Å². The van der Waals surface area contributed by atoms with Gasteiger partial charge in [-0.25, -0.2) is 16.8 Å². The van der Waals surface area contributed by atoms with E-state index >= 15 is 0 Å². The van der Waals surface area contributed by atoms with Gasteiger partial charge in [-0.2, -0.15) is 0 Å². The molecule has 9 nitrogen and oxygen atoms in total. The van der Waals surface area contributed by atoms with Crippen LogP contribution in [0.4, 0.5) is 0 Å². The van der Waals surface area contributed by atoms with Gasteiger partial charge >= 0.3 is 59.1 Å². The predicted molar refractivity (Wildman–Crippen MR) is 67.6 cm³/mol. The first-order valence-electron chi connectivity index (χ1n) is 5.22. The van der Waals surface area contributed by atoms with Gasteiger partial charge in [-0.05, 0) is 5.56 Å². The van der Waals surface area contributed by atoms with E-state index in [9.17, 15) is 25.9 Å². The molecule has 0 spiro atoms. The molecule has 0 aliphatic carbocycles. The maximum atomic E-state index is 10.4. The molecule has 0 aliphatic heterocycles. The van der Waals surface area contributed by atoms with E-state index in [1.165, 1.54) is 0 Å². The van der Waals surface area contributed by atoms with Crippen molar-refractivity contribution in [3.63, 3.8) is 0 Å². The summed E-state index contributed by atoms with van der Waals surface area (Å²) in [6.07, 6.45) is 0. The van der Waals surface area contributed by atoms with Crippen LogP contribution in [-0.2, 0) is 34.0 Å². The zero-order valence-electron chi connectivity index (χ0n) is 12.6. The maximum absolute atomic E-state index is 10.4. The van der Waals surface area contributed by atoms with E-state index in [4.69, 9.17) is 4.79 Å². The third-order valence-corrected chi connectivity index (χ3v) is 2.95. The summed E-state index contributed by atoms with van der Waals surface area (Å²) < 4.78 is 70.3. The molecule has 0 bridgehead atoms. The van der Waals surface area contributed by atoms with E-state index in [0.717, 1.165) is 0 Å². The molecule has 0 aromatic heterocycles. The van der Waals surface area contributed by atoms with Crippen molar-refractivity contribution in [1.29, 1.82) is 0 Å². The second-order valence-corrected chi connectivity index (χ2v) is 5.60. The van der Waals surface area contributed by atoms with Gasteiger partial charge < -0.3 is 13.9 Å². The van der Waals surface area contributed by atoms with Gasteiger partial charge in [-0.3, -0.25) is 8.37 Å². The van der Waals surface area contributed by atoms with Crippen LogP contribution in [0.1, 0.15) is 11.5 Å². The third kappa shape index (κ3) is 15.9. The van der Waals surface area contributed by atoms with Crippen LogP contribution >= 0.6 is 0 Å². The van der Waals surface area contributed by atoms with Gasteiger partial charge in [0.25, 0.3) is 0 Å². The second kappa shape index (κ2) is 13.9. The number of hydrogen-bond donors (Lipinski definition) is 0. The maximum Gasteiger partial charge on any atom is 1.00 e. The summed E-state index contributed by atoms with van der Waals surface area (Å²) in [5.74, 6) is -0.881. The summed E-state index contributed by atoms with van der Waals surface area (Å²) >= 11 is 0. The smallest absolute Gasteiger partial charge is 0.726 e. The monoisotopic (exact) mass is 386 g/mol. The number of rotatable bonds is 7. The van der Waals surface area contributed by atoms with Crippen molar-refractivity contribution in [3.8, 4) is 0 Å². The summed E-state index contributed by atoms with van der Waals surface area (Å²) in [5, 5.41) is 0. The third-order valence-electron chi connectivity index (χ3n) is 2.10. The summed E-state index contributed by atoms with van der Waals surface area (Å²) in [6.45, 7) is 0.761. The summed E-state index contributed by atoms with van der Waals surface area (Å²) in [4.78, 5) is 8.00. The van der Waals surface area contributed by atoms with Crippen LogP contribution in [0, 0.1) is 0 Å². The van der Waals surface area contributed by atoms with E-state index in [-0.39, 0.29) is 59.1 Å². The fourth-order valence-electron chi connectivity index (χ4n) is 1.30. The van der Waals surface area contributed by atoms with Crippen molar-refractivity contribution in [2.75, 3.05) is 13.2 Å². The molecule has 23 heavy (non-hydrogen) atoms. The fraction of sp³-hybridized carbons (Fsp3) is 0.300. The van der Waals surface area contributed by atoms with Gasteiger partial charge in [-0.1, -0.05) is 30.3 Å². The molecule has 1 rings (SSSR count). The molecule has 1 aromatic carbocycles. The standard InChI is InChI=1S/C9H12O8S2.CH2O.2Na/c10-18(11,12)16-6-9(7-17-19(13,14)15)8-4-2-1-3-5-8;1-2;;/h1-5,9H,6-7H2,(H,10,11,12)(H,13,14,15);1H2;;/q;;2*+1/p-2. The summed E-state index contributed by atoms with van der Waals surface area (Å²) in [6, 6.07) is 7.99. The number of benzene rings is 1. The Morgan fingerprint density at radius 1 is 0.870 bits per heavy atom. The van der Waals surface area contributed by atoms with E-state index in [0.29, 0.717) is 5.56 Å². The first-order chi connectivity index (χ1) is 9.67. The van der Waals surface area contributed by atoms with Crippen molar-refractivity contribution in [2.24, 2.45) is 0 Å². The Hall–Kier alpha value is 0.630. The average Bonchev–Trinajstić information content (AvgIpc) is 2.39. The molecular weight excluding hydrogens is 374 g/mol. The Balaban J connectivity index is -0.000000960. The molecule has 0 amide bonds. The molecule has 0 radical (unpaired) electrons. The van der Waals surface area contributed by atoms with Gasteiger partial charge in [0, 0.05) is 5.92 Å². The van der Waals surface area contributed by atoms with Crippen LogP contribution in [0.25, 0.3) is 0 Å². The normalized spacial score (nSPS) is 10.7. The largest absolute Gasteiger partial charge is 1.00 e. The number of hydrogen-bond acceptors (Lipinski definition) is 9. The van der Waals surface area contributed by atoms with Gasteiger partial charge in [0.2, 0.25) is 20.8 Å². The number of carbonyl (C=O) groups excluding carboxylic acids is 1. The van der Waals surface area contributed by atoms with Crippen LogP contribution in [0.2, 0.25) is 0 Å². The first-order valence-corrected chi connectivity index (χ1v) is 7.88. The minimum absolute atomic E-state index is 0. The van der Waals surface area contributed by atoms with E-state index in [2.05, 4.69) is 8.37 Å². The molecule has 0 saturated carbocycles. The van der Waals surface area contributed by atoms with Gasteiger partial charge in [0.1, 0.15) is 6.79 Å². The van der Waals surface area contributed by atoms with E-state index in [1.807, 2.05) is 6.79 Å². The van der Waals surface area contributed by atoms with Crippen molar-refractivity contribution in [1.82, 2.24) is 0 Å². The Morgan fingerprint density at radius 3 is 1.52 bits per heavy atom. The Kier molecular flexibility index (Phi) is 17.1. The molecule has 0 heterocycles. The molecule has 0 atom stereocenters. The first kappa shape index (κ1) is 28.4. The second-order valence-electron chi connectivity index (χ2n) is 3.49. The topological polar surface area (TPSA) is 150 Å². The van der Waals surface area contributed by atoms with Gasteiger partial charge in [0.15, 0.2) is 0 Å². The van der Waals surface area contributed by atoms with Crippen LogP contribution in [0.5, 0.6) is 0 Å². The SMILES string of the molecule is C=O.O=S(=O)([O-])OCC(COS(=O)(=O)[O-])c1ccccc1.[Na+].[Na+]. The van der Waals surface area contributed by atoms with Gasteiger partial charge in [-0.15, -0.1) is 0 Å². The molecule has 13 heteroatoms. The Labute approximate surface area is 179 Å². The average molecular weight is 386 g/mol. The quantitative estimate of drug-likeness (QED) is 0.253. The molecule has 120 valence electrons. The molecule has 0 N–H and O–H groups in total. The number of carbonyl (C=O) groups is 1. The van der Waals surface area contributed by atoms with Crippen LogP contribution in [-0.4, -0.2) is 45.9 Å². The molecular formula is C10H12Na2O9S2. The van der Waals surface area contributed by atoms with Crippen molar-refractivity contribution in [2.45, 2.75) is 5.92 Å². The van der Waals surface area contributed by atoms with E-state index < -0.39 is 39.9 Å². The molecule has 0 fully saturated rings. The Morgan fingerprint density at radius 2 is 1.22 bits per heavy atom. The fourth-order valence-corrected chi connectivity index (χ4v) is 1.96. The zero-order chi connectivity index (χ0) is 16.5. The summed E-state index contributed by atoms with van der Waals surface area (Å²) in [5.41, 5.74) is 0.467. The molecule has 0 saturated heterocycles. The van der Waals surface area contributed by atoms with Crippen molar-refractivity contribution < 1.29 is 98.2 Å². The van der Waals surface area contributed by atoms with Crippen LogP contribution < -0.4 is 59.1 Å². The minimum Gasteiger partial charge on any atom is -0.726 e. The predicted octanol–water partition coefficient (Wildman–Crippen LogP) is -6.45. The van der Waals surface area contributed by atoms with Crippen LogP contribution in [0.3, 0.4) is 0 Å². The zero-order valence-corrected chi connectivity index (χ0v) is 18.2. The Bertz CT molecular complexity index is 583. The van der Waals surface area contributed by atoms with Crippen molar-refractivity contribution >= 4 is 27.6 Å². The molecule has 0 unspecified atom stereocenters. The van der Waals surface area contributed by atoms with Crippen LogP contribution in [0.15, 0.2) is 30.3 Å². The molecule has 1 aromatic rings.